The summed E-state index contributed by atoms with van der Waals surface area (Å²) in [7, 11) is 0. The fourth-order valence-corrected chi connectivity index (χ4v) is 1.79. The lowest BCUT2D eigenvalue weighted by molar-refractivity contribution is -0.137. The zero-order chi connectivity index (χ0) is 15.7. The molecule has 0 bridgehead atoms. The third-order valence-electron chi connectivity index (χ3n) is 3.33. The summed E-state index contributed by atoms with van der Waals surface area (Å²) in [6, 6.07) is 3.47. The second-order valence-corrected chi connectivity index (χ2v) is 5.03. The smallest absolute Gasteiger partial charge is 0.330 e. The van der Waals surface area contributed by atoms with Crippen molar-refractivity contribution in [1.29, 1.82) is 0 Å². The molecule has 1 aromatic rings. The average molecular weight is 292 g/mol. The van der Waals surface area contributed by atoms with Crippen LogP contribution in [0.2, 0.25) is 0 Å². The topological polar surface area (TPSA) is 59.7 Å². The van der Waals surface area contributed by atoms with Crippen LogP contribution in [0.5, 0.6) is 0 Å². The molecule has 0 radical (unpaired) electrons. The molecular formula is C17H24O4. The van der Waals surface area contributed by atoms with Gasteiger partial charge in [0.25, 0.3) is 0 Å². The first kappa shape index (κ1) is 17.2. The SMILES string of the molecule is C=C(C/C=C/C(=O)OCCCC)[C@@H](C)[C@@H](O)c1ccco1. The van der Waals surface area contributed by atoms with E-state index in [1.807, 2.05) is 13.8 Å². The van der Waals surface area contributed by atoms with Crippen LogP contribution in [-0.4, -0.2) is 17.7 Å². The summed E-state index contributed by atoms with van der Waals surface area (Å²) in [4.78, 5) is 11.4. The van der Waals surface area contributed by atoms with Crippen LogP contribution < -0.4 is 0 Å². The predicted octanol–water partition coefficient (Wildman–Crippen LogP) is 3.79. The number of furan rings is 1. The van der Waals surface area contributed by atoms with Gasteiger partial charge in [0.05, 0.1) is 12.9 Å². The highest BCUT2D eigenvalue weighted by molar-refractivity contribution is 5.81. The Labute approximate surface area is 126 Å². The summed E-state index contributed by atoms with van der Waals surface area (Å²) in [6.45, 7) is 8.32. The van der Waals surface area contributed by atoms with Gasteiger partial charge in [0.2, 0.25) is 0 Å². The lowest BCUT2D eigenvalue weighted by Gasteiger charge is -2.18. The van der Waals surface area contributed by atoms with Gasteiger partial charge in [-0.1, -0.05) is 38.5 Å². The van der Waals surface area contributed by atoms with Gasteiger partial charge >= 0.3 is 5.97 Å². The van der Waals surface area contributed by atoms with Crippen LogP contribution in [-0.2, 0) is 9.53 Å². The summed E-state index contributed by atoms with van der Waals surface area (Å²) in [5, 5.41) is 10.1. The average Bonchev–Trinajstić information content (AvgIpc) is 3.00. The summed E-state index contributed by atoms with van der Waals surface area (Å²) in [5.41, 5.74) is 0.830. The molecule has 0 saturated carbocycles. The molecule has 0 fully saturated rings. The molecule has 1 heterocycles. The maximum atomic E-state index is 11.4. The number of allylic oxidation sites excluding steroid dienone is 1. The number of carbonyl (C=O) groups excluding carboxylic acids is 1. The van der Waals surface area contributed by atoms with Crippen molar-refractivity contribution in [1.82, 2.24) is 0 Å². The van der Waals surface area contributed by atoms with Crippen molar-refractivity contribution in [2.45, 2.75) is 39.2 Å². The van der Waals surface area contributed by atoms with Crippen LogP contribution in [0.3, 0.4) is 0 Å². The van der Waals surface area contributed by atoms with Crippen molar-refractivity contribution in [3.63, 3.8) is 0 Å². The standard InChI is InChI=1S/C17H24O4/c1-4-5-11-21-16(18)10-6-8-13(2)14(3)17(19)15-9-7-12-20-15/h6-7,9-10,12,14,17,19H,2,4-5,8,11H2,1,3H3/b10-6+/t14-,17-/m1/s1. The van der Waals surface area contributed by atoms with E-state index in [0.717, 1.165) is 18.4 Å². The number of carbonyl (C=O) groups is 1. The number of rotatable bonds is 9. The number of hydrogen-bond donors (Lipinski definition) is 1. The Morgan fingerprint density at radius 3 is 2.95 bits per heavy atom. The molecule has 21 heavy (non-hydrogen) atoms. The second kappa shape index (κ2) is 9.19. The summed E-state index contributed by atoms with van der Waals surface area (Å²) in [6.07, 6.45) is 6.31. The van der Waals surface area contributed by atoms with Crippen molar-refractivity contribution in [3.8, 4) is 0 Å². The third-order valence-corrected chi connectivity index (χ3v) is 3.33. The van der Waals surface area contributed by atoms with Crippen molar-refractivity contribution in [3.05, 3.63) is 48.5 Å². The van der Waals surface area contributed by atoms with E-state index in [1.165, 1.54) is 12.3 Å². The Hall–Kier alpha value is -1.81. The van der Waals surface area contributed by atoms with E-state index in [2.05, 4.69) is 6.58 Å². The highest BCUT2D eigenvalue weighted by atomic mass is 16.5. The maximum absolute atomic E-state index is 11.4. The number of esters is 1. The van der Waals surface area contributed by atoms with E-state index in [0.29, 0.717) is 18.8 Å². The lowest BCUT2D eigenvalue weighted by Crippen LogP contribution is -2.10. The van der Waals surface area contributed by atoms with Gasteiger partial charge in [-0.15, -0.1) is 0 Å². The number of hydrogen-bond acceptors (Lipinski definition) is 4. The van der Waals surface area contributed by atoms with E-state index in [-0.39, 0.29) is 11.9 Å². The lowest BCUT2D eigenvalue weighted by atomic mass is 9.92. The quantitative estimate of drug-likeness (QED) is 0.325. The molecule has 0 aromatic carbocycles. The van der Waals surface area contributed by atoms with Gasteiger partial charge in [0, 0.05) is 12.0 Å². The minimum Gasteiger partial charge on any atom is -0.467 e. The van der Waals surface area contributed by atoms with Gasteiger partial charge in [-0.05, 0) is 25.0 Å². The van der Waals surface area contributed by atoms with Crippen molar-refractivity contribution < 1.29 is 19.1 Å². The fraction of sp³-hybridized carbons (Fsp3) is 0.471. The largest absolute Gasteiger partial charge is 0.467 e. The van der Waals surface area contributed by atoms with E-state index in [9.17, 15) is 9.90 Å². The van der Waals surface area contributed by atoms with Crippen molar-refractivity contribution in [2.24, 2.45) is 5.92 Å². The second-order valence-electron chi connectivity index (χ2n) is 5.03. The first-order chi connectivity index (χ1) is 10.1. The van der Waals surface area contributed by atoms with Gasteiger partial charge < -0.3 is 14.3 Å². The Kier molecular flexibility index (Phi) is 7.54. The third kappa shape index (κ3) is 6.00. The normalized spacial score (nSPS) is 14.0. The first-order valence-electron chi connectivity index (χ1n) is 7.28. The molecule has 0 aliphatic carbocycles. The summed E-state index contributed by atoms with van der Waals surface area (Å²) < 4.78 is 10.2. The number of aliphatic hydroxyl groups excluding tert-OH is 1. The molecular weight excluding hydrogens is 268 g/mol. The molecule has 0 amide bonds. The maximum Gasteiger partial charge on any atom is 0.330 e. The highest BCUT2D eigenvalue weighted by Crippen LogP contribution is 2.28. The van der Waals surface area contributed by atoms with Crippen molar-refractivity contribution >= 4 is 5.97 Å². The van der Waals surface area contributed by atoms with Gasteiger partial charge in [0.1, 0.15) is 11.9 Å². The summed E-state index contributed by atoms with van der Waals surface area (Å²) >= 11 is 0. The minimum absolute atomic E-state index is 0.156. The molecule has 1 aromatic heterocycles. The Morgan fingerprint density at radius 2 is 2.33 bits per heavy atom. The monoisotopic (exact) mass is 292 g/mol. The number of aliphatic hydroxyl groups is 1. The van der Waals surface area contributed by atoms with Crippen LogP contribution in [0.4, 0.5) is 0 Å². The highest BCUT2D eigenvalue weighted by Gasteiger charge is 2.20. The fourth-order valence-electron chi connectivity index (χ4n) is 1.79. The van der Waals surface area contributed by atoms with Gasteiger partial charge in [-0.2, -0.15) is 0 Å². The van der Waals surface area contributed by atoms with Crippen LogP contribution in [0.1, 0.15) is 45.0 Å². The van der Waals surface area contributed by atoms with Gasteiger partial charge in [-0.3, -0.25) is 0 Å². The molecule has 0 saturated heterocycles. The Morgan fingerprint density at radius 1 is 1.57 bits per heavy atom. The van der Waals surface area contributed by atoms with E-state index in [4.69, 9.17) is 9.15 Å². The molecule has 2 atom stereocenters. The molecule has 1 rings (SSSR count). The molecule has 0 aliphatic rings. The molecule has 116 valence electrons. The van der Waals surface area contributed by atoms with E-state index < -0.39 is 6.10 Å². The molecule has 1 N–H and O–H groups in total. The van der Waals surface area contributed by atoms with Crippen LogP contribution in [0.25, 0.3) is 0 Å². The minimum atomic E-state index is -0.725. The zero-order valence-corrected chi connectivity index (χ0v) is 12.7. The predicted molar refractivity (Wildman–Crippen MR) is 81.6 cm³/mol. The Balaban J connectivity index is 2.37. The molecule has 0 unspecified atom stereocenters. The van der Waals surface area contributed by atoms with Crippen molar-refractivity contribution in [2.75, 3.05) is 6.61 Å². The number of unbranched alkanes of at least 4 members (excludes halogenated alkanes) is 1. The molecule has 0 aliphatic heterocycles. The number of ether oxygens (including phenoxy) is 1. The van der Waals surface area contributed by atoms with E-state index >= 15 is 0 Å². The molecule has 0 spiro atoms. The van der Waals surface area contributed by atoms with Crippen LogP contribution in [0.15, 0.2) is 47.1 Å². The van der Waals surface area contributed by atoms with Crippen LogP contribution >= 0.6 is 0 Å². The van der Waals surface area contributed by atoms with Gasteiger partial charge in [-0.25, -0.2) is 4.79 Å². The van der Waals surface area contributed by atoms with Gasteiger partial charge in [0.15, 0.2) is 0 Å². The van der Waals surface area contributed by atoms with Crippen LogP contribution in [0, 0.1) is 5.92 Å². The first-order valence-corrected chi connectivity index (χ1v) is 7.28. The van der Waals surface area contributed by atoms with E-state index in [1.54, 1.807) is 18.2 Å². The molecule has 4 nitrogen and oxygen atoms in total. The summed E-state index contributed by atoms with van der Waals surface area (Å²) in [5.74, 6) is 0.0269. The molecule has 4 heteroatoms. The zero-order valence-electron chi connectivity index (χ0n) is 12.7. The Bertz CT molecular complexity index is 459.